The van der Waals surface area contributed by atoms with E-state index in [-0.39, 0.29) is 17.3 Å². The third kappa shape index (κ3) is 6.37. The molecule has 174 valence electrons. The van der Waals surface area contributed by atoms with Gasteiger partial charge in [-0.25, -0.2) is 21.8 Å². The van der Waals surface area contributed by atoms with Crippen LogP contribution in [0, 0.1) is 0 Å². The number of rotatable bonds is 11. The molecule has 1 N–H and O–H groups in total. The first kappa shape index (κ1) is 25.0. The normalized spacial score (nSPS) is 11.8. The lowest BCUT2D eigenvalue weighted by molar-refractivity contribution is 0.374. The van der Waals surface area contributed by atoms with Crippen LogP contribution in [0.4, 0.5) is 5.82 Å². The summed E-state index contributed by atoms with van der Waals surface area (Å²) in [5, 5.41) is 1.70. The van der Waals surface area contributed by atoms with Crippen LogP contribution in [0.15, 0.2) is 41.7 Å². The maximum atomic E-state index is 12.7. The highest BCUT2D eigenvalue weighted by Gasteiger charge is 2.17. The second-order valence-electron chi connectivity index (χ2n) is 6.22. The van der Waals surface area contributed by atoms with Crippen molar-refractivity contribution in [2.45, 2.75) is 5.75 Å². The first-order valence-corrected chi connectivity index (χ1v) is 12.2. The van der Waals surface area contributed by atoms with Crippen molar-refractivity contribution in [3.8, 4) is 23.0 Å². The molecule has 0 atom stereocenters. The van der Waals surface area contributed by atoms with Gasteiger partial charge in [-0.3, -0.25) is 4.72 Å². The van der Waals surface area contributed by atoms with E-state index in [1.54, 1.807) is 12.1 Å². The molecule has 0 amide bonds. The maximum absolute atomic E-state index is 12.7. The van der Waals surface area contributed by atoms with Gasteiger partial charge in [0.1, 0.15) is 17.2 Å². The van der Waals surface area contributed by atoms with E-state index < -0.39 is 25.6 Å². The molecule has 1 heterocycles. The monoisotopic (exact) mass is 484 g/mol. The van der Waals surface area contributed by atoms with Crippen molar-refractivity contribution in [3.05, 3.63) is 52.9 Å². The summed E-state index contributed by atoms with van der Waals surface area (Å²) in [5.41, 5.74) is 0.507. The van der Waals surface area contributed by atoms with Crippen molar-refractivity contribution in [1.82, 2.24) is 4.98 Å². The molecule has 2 rings (SSSR count). The van der Waals surface area contributed by atoms with Crippen LogP contribution in [-0.2, 0) is 25.6 Å². The van der Waals surface area contributed by atoms with Gasteiger partial charge >= 0.3 is 0 Å². The van der Waals surface area contributed by atoms with Crippen molar-refractivity contribution in [2.75, 3.05) is 33.2 Å². The van der Waals surface area contributed by atoms with Crippen LogP contribution in [0.25, 0.3) is 6.08 Å². The molecular formula is C20H24N2O8S2. The highest BCUT2D eigenvalue weighted by Crippen LogP contribution is 2.35. The van der Waals surface area contributed by atoms with Gasteiger partial charge in [0.15, 0.2) is 21.4 Å². The molecule has 0 saturated heterocycles. The standard InChI is InChI=1S/C20H24N2O8S2/c1-6-32(25,26)22-20-17(28-3)8-7-14(21-20)13-31(23,24)10-9-16-18(29-4)11-15(27-2)12-19(16)30-5/h6-12H,1,13H2,2-5H3,(H,21,22). The molecule has 32 heavy (non-hydrogen) atoms. The summed E-state index contributed by atoms with van der Waals surface area (Å²) in [6.07, 6.45) is 1.34. The van der Waals surface area contributed by atoms with Crippen molar-refractivity contribution < 1.29 is 35.8 Å². The molecule has 0 aliphatic rings. The zero-order chi connectivity index (χ0) is 23.9. The highest BCUT2D eigenvalue weighted by atomic mass is 32.2. The number of sulfone groups is 1. The minimum Gasteiger partial charge on any atom is -0.496 e. The fraction of sp³-hybridized carbons (Fsp3) is 0.250. The third-order valence-electron chi connectivity index (χ3n) is 4.14. The highest BCUT2D eigenvalue weighted by molar-refractivity contribution is 7.95. The number of pyridine rings is 1. The lowest BCUT2D eigenvalue weighted by atomic mass is 10.1. The summed E-state index contributed by atoms with van der Waals surface area (Å²) in [6, 6.07) is 6.03. The van der Waals surface area contributed by atoms with E-state index in [1.807, 2.05) is 0 Å². The van der Waals surface area contributed by atoms with Crippen molar-refractivity contribution in [2.24, 2.45) is 0 Å². The van der Waals surface area contributed by atoms with E-state index in [4.69, 9.17) is 18.9 Å². The molecule has 0 fully saturated rings. The van der Waals surface area contributed by atoms with Gasteiger partial charge in [-0.2, -0.15) is 0 Å². The summed E-state index contributed by atoms with van der Waals surface area (Å²) in [6.45, 7) is 3.21. The zero-order valence-electron chi connectivity index (χ0n) is 18.0. The average molecular weight is 485 g/mol. The van der Waals surface area contributed by atoms with Crippen molar-refractivity contribution in [3.63, 3.8) is 0 Å². The number of sulfonamides is 1. The lowest BCUT2D eigenvalue weighted by Crippen LogP contribution is -2.12. The van der Waals surface area contributed by atoms with E-state index in [1.165, 1.54) is 46.6 Å². The summed E-state index contributed by atoms with van der Waals surface area (Å²) in [5.74, 6) is 0.683. The molecular weight excluding hydrogens is 460 g/mol. The van der Waals surface area contributed by atoms with Gasteiger partial charge in [0.25, 0.3) is 10.0 Å². The Kier molecular flexibility index (Phi) is 8.11. The van der Waals surface area contributed by atoms with E-state index >= 15 is 0 Å². The number of anilines is 1. The van der Waals surface area contributed by atoms with E-state index in [0.29, 0.717) is 28.2 Å². The molecule has 0 aliphatic heterocycles. The second kappa shape index (κ2) is 10.4. The molecule has 1 aromatic carbocycles. The lowest BCUT2D eigenvalue weighted by Gasteiger charge is -2.12. The molecule has 0 saturated carbocycles. The number of ether oxygens (including phenoxy) is 4. The van der Waals surface area contributed by atoms with Gasteiger partial charge < -0.3 is 18.9 Å². The predicted octanol–water partition coefficient (Wildman–Crippen LogP) is 2.59. The van der Waals surface area contributed by atoms with Gasteiger partial charge in [0.2, 0.25) is 0 Å². The Morgan fingerprint density at radius 3 is 2.03 bits per heavy atom. The first-order chi connectivity index (χ1) is 15.1. The summed E-state index contributed by atoms with van der Waals surface area (Å²) >= 11 is 0. The van der Waals surface area contributed by atoms with Crippen LogP contribution in [0.5, 0.6) is 23.0 Å². The van der Waals surface area contributed by atoms with Gasteiger partial charge in [0, 0.05) is 22.9 Å². The second-order valence-corrected chi connectivity index (χ2v) is 9.74. The van der Waals surface area contributed by atoms with Crippen LogP contribution in [0.3, 0.4) is 0 Å². The Morgan fingerprint density at radius 2 is 1.53 bits per heavy atom. The molecule has 1 aromatic heterocycles. The van der Waals surface area contributed by atoms with Crippen LogP contribution in [-0.4, -0.2) is 50.3 Å². The minimum atomic E-state index is -3.86. The fourth-order valence-electron chi connectivity index (χ4n) is 2.60. The average Bonchev–Trinajstić information content (AvgIpc) is 2.76. The van der Waals surface area contributed by atoms with Crippen LogP contribution in [0.1, 0.15) is 11.3 Å². The molecule has 0 bridgehead atoms. The van der Waals surface area contributed by atoms with Gasteiger partial charge in [-0.15, -0.1) is 0 Å². The first-order valence-electron chi connectivity index (χ1n) is 8.98. The summed E-state index contributed by atoms with van der Waals surface area (Å²) in [7, 11) is -1.98. The van der Waals surface area contributed by atoms with Crippen molar-refractivity contribution >= 4 is 31.8 Å². The maximum Gasteiger partial charge on any atom is 0.255 e. The van der Waals surface area contributed by atoms with Crippen LogP contribution >= 0.6 is 0 Å². The Hall–Kier alpha value is -3.25. The molecule has 12 heteroatoms. The topological polar surface area (TPSA) is 130 Å². The molecule has 0 aliphatic carbocycles. The predicted molar refractivity (Wildman–Crippen MR) is 121 cm³/mol. The molecule has 10 nitrogen and oxygen atoms in total. The molecule has 0 radical (unpaired) electrons. The Balaban J connectivity index is 2.37. The quantitative estimate of drug-likeness (QED) is 0.511. The van der Waals surface area contributed by atoms with Gasteiger partial charge in [-0.1, -0.05) is 6.58 Å². The smallest absolute Gasteiger partial charge is 0.255 e. The van der Waals surface area contributed by atoms with Gasteiger partial charge in [-0.05, 0) is 18.2 Å². The zero-order valence-corrected chi connectivity index (χ0v) is 19.6. The van der Waals surface area contributed by atoms with Gasteiger partial charge in [0.05, 0.1) is 45.4 Å². The third-order valence-corrected chi connectivity index (χ3v) is 6.30. The summed E-state index contributed by atoms with van der Waals surface area (Å²) < 4.78 is 71.9. The number of aromatic nitrogens is 1. The van der Waals surface area contributed by atoms with E-state index in [2.05, 4.69) is 16.3 Å². The fourth-order valence-corrected chi connectivity index (χ4v) is 4.12. The van der Waals surface area contributed by atoms with E-state index in [9.17, 15) is 16.8 Å². The largest absolute Gasteiger partial charge is 0.496 e. The number of nitrogens with zero attached hydrogens (tertiary/aromatic N) is 1. The van der Waals surface area contributed by atoms with Crippen LogP contribution in [0.2, 0.25) is 0 Å². The Labute approximate surface area is 187 Å². The number of hydrogen-bond acceptors (Lipinski definition) is 9. The molecule has 0 unspecified atom stereocenters. The summed E-state index contributed by atoms with van der Waals surface area (Å²) in [4.78, 5) is 4.06. The van der Waals surface area contributed by atoms with Crippen LogP contribution < -0.4 is 23.7 Å². The number of methoxy groups -OCH3 is 4. The Morgan fingerprint density at radius 1 is 0.938 bits per heavy atom. The van der Waals surface area contributed by atoms with E-state index in [0.717, 1.165) is 5.41 Å². The molecule has 2 aromatic rings. The number of hydrogen-bond donors (Lipinski definition) is 1. The number of benzene rings is 1. The van der Waals surface area contributed by atoms with Crippen molar-refractivity contribution in [1.29, 1.82) is 0 Å². The SMILES string of the molecule is C=CS(=O)(=O)Nc1nc(CS(=O)(=O)C=Cc2c(OC)cc(OC)cc2OC)ccc1OC. The minimum absolute atomic E-state index is 0.103. The Bertz CT molecular complexity index is 1200. The molecule has 0 spiro atoms. The number of nitrogens with one attached hydrogen (secondary N) is 1.